The normalized spacial score (nSPS) is 18.4. The van der Waals surface area contributed by atoms with Crippen LogP contribution in [0.1, 0.15) is 31.3 Å². The van der Waals surface area contributed by atoms with E-state index in [0.29, 0.717) is 32.2 Å². The molecular weight excluding hydrogens is 306 g/mol. The van der Waals surface area contributed by atoms with E-state index in [-0.39, 0.29) is 22.5 Å². The molecule has 2 rings (SSSR count). The summed E-state index contributed by atoms with van der Waals surface area (Å²) in [6.07, 6.45) is 1.36. The average molecular weight is 329 g/mol. The number of ether oxygens (including phenoxy) is 1. The number of sulfonamides is 1. The lowest BCUT2D eigenvalue weighted by Gasteiger charge is -2.25. The fourth-order valence-corrected chi connectivity index (χ4v) is 3.44. The van der Waals surface area contributed by atoms with Gasteiger partial charge in [-0.05, 0) is 18.9 Å². The van der Waals surface area contributed by atoms with Gasteiger partial charge in [0.25, 0.3) is 5.91 Å². The van der Waals surface area contributed by atoms with E-state index < -0.39 is 10.0 Å². The van der Waals surface area contributed by atoms with Crippen LogP contribution in [-0.4, -0.2) is 56.0 Å². The van der Waals surface area contributed by atoms with Gasteiger partial charge in [0.15, 0.2) is 0 Å². The van der Waals surface area contributed by atoms with Crippen LogP contribution in [0.3, 0.4) is 0 Å². The van der Waals surface area contributed by atoms with E-state index >= 15 is 0 Å². The van der Waals surface area contributed by atoms with Crippen molar-refractivity contribution in [3.05, 3.63) is 18.0 Å². The first-order valence-corrected chi connectivity index (χ1v) is 8.83. The van der Waals surface area contributed by atoms with Gasteiger partial charge in [-0.25, -0.2) is 8.42 Å². The first-order chi connectivity index (χ1) is 10.3. The zero-order valence-corrected chi connectivity index (χ0v) is 13.9. The van der Waals surface area contributed by atoms with Crippen LogP contribution >= 0.6 is 0 Å². The molecule has 0 bridgehead atoms. The molecule has 22 heavy (non-hydrogen) atoms. The molecule has 1 aliphatic heterocycles. The molecule has 0 saturated carbocycles. The third kappa shape index (κ3) is 3.68. The van der Waals surface area contributed by atoms with Crippen molar-refractivity contribution in [2.45, 2.75) is 31.7 Å². The van der Waals surface area contributed by atoms with E-state index in [1.807, 2.05) is 20.8 Å². The Hall–Kier alpha value is -1.38. The second-order valence-electron chi connectivity index (χ2n) is 5.77. The summed E-state index contributed by atoms with van der Waals surface area (Å²) in [6, 6.07) is 1.39. The fourth-order valence-electron chi connectivity index (χ4n) is 2.04. The van der Waals surface area contributed by atoms with Gasteiger partial charge >= 0.3 is 0 Å². The highest BCUT2D eigenvalue weighted by atomic mass is 32.2. The van der Waals surface area contributed by atoms with E-state index in [0.717, 1.165) is 0 Å². The Morgan fingerprint density at radius 1 is 1.32 bits per heavy atom. The molecule has 1 aromatic rings. The first-order valence-electron chi connectivity index (χ1n) is 7.39. The number of hydrogen-bond donors (Lipinski definition) is 2. The van der Waals surface area contributed by atoms with Crippen molar-refractivity contribution in [2.75, 3.05) is 26.3 Å². The number of hydrogen-bond acceptors (Lipinski definition) is 4. The van der Waals surface area contributed by atoms with Crippen LogP contribution in [0.5, 0.6) is 0 Å². The van der Waals surface area contributed by atoms with E-state index in [9.17, 15) is 13.2 Å². The lowest BCUT2D eigenvalue weighted by Crippen LogP contribution is -2.40. The van der Waals surface area contributed by atoms with Crippen LogP contribution in [-0.2, 0) is 14.8 Å². The Labute approximate surface area is 131 Å². The predicted octanol–water partition coefficient (Wildman–Crippen LogP) is 0.810. The number of H-pyrrole nitrogens is 1. The molecule has 7 nitrogen and oxygen atoms in total. The first kappa shape index (κ1) is 17.0. The van der Waals surface area contributed by atoms with Crippen LogP contribution in [0.15, 0.2) is 17.2 Å². The van der Waals surface area contributed by atoms with Gasteiger partial charge in [0, 0.05) is 25.3 Å². The number of aromatic nitrogens is 1. The van der Waals surface area contributed by atoms with Crippen LogP contribution in [0.2, 0.25) is 0 Å². The molecule has 1 amide bonds. The largest absolute Gasteiger partial charge is 0.379 e. The van der Waals surface area contributed by atoms with Crippen LogP contribution < -0.4 is 5.32 Å². The molecule has 1 aromatic heterocycles. The molecule has 8 heteroatoms. The highest BCUT2D eigenvalue weighted by molar-refractivity contribution is 7.89. The molecule has 1 fully saturated rings. The third-order valence-corrected chi connectivity index (χ3v) is 5.74. The van der Waals surface area contributed by atoms with Crippen molar-refractivity contribution in [3.8, 4) is 0 Å². The average Bonchev–Trinajstić information content (AvgIpc) is 2.98. The molecular formula is C14H23N3O4S. The molecule has 124 valence electrons. The maximum Gasteiger partial charge on any atom is 0.267 e. The van der Waals surface area contributed by atoms with Crippen molar-refractivity contribution in [3.63, 3.8) is 0 Å². The maximum absolute atomic E-state index is 12.5. The molecule has 0 aliphatic carbocycles. The standard InChI is InChI=1S/C14H23N3O4S/c1-10(2)11(3)16-14(18)13-8-12(9-15-13)22(19,20)17-4-6-21-7-5-17/h8-11,15H,4-7H2,1-3H3,(H,16,18). The molecule has 0 aromatic carbocycles. The van der Waals surface area contributed by atoms with Gasteiger partial charge in [0.1, 0.15) is 10.6 Å². The molecule has 1 aliphatic rings. The number of aromatic amines is 1. The summed E-state index contributed by atoms with van der Waals surface area (Å²) in [7, 11) is -3.58. The van der Waals surface area contributed by atoms with E-state index in [1.165, 1.54) is 16.6 Å². The fraction of sp³-hybridized carbons (Fsp3) is 0.643. The van der Waals surface area contributed by atoms with Crippen LogP contribution in [0.25, 0.3) is 0 Å². The van der Waals surface area contributed by atoms with E-state index in [4.69, 9.17) is 4.74 Å². The van der Waals surface area contributed by atoms with Crippen LogP contribution in [0, 0.1) is 5.92 Å². The lowest BCUT2D eigenvalue weighted by molar-refractivity contribution is 0.0730. The van der Waals surface area contributed by atoms with Crippen LogP contribution in [0.4, 0.5) is 0 Å². The molecule has 0 spiro atoms. The molecule has 1 unspecified atom stereocenters. The summed E-state index contributed by atoms with van der Waals surface area (Å²) >= 11 is 0. The molecule has 2 heterocycles. The van der Waals surface area contributed by atoms with Crippen molar-refractivity contribution in [1.29, 1.82) is 0 Å². The van der Waals surface area contributed by atoms with Crippen molar-refractivity contribution in [2.24, 2.45) is 5.92 Å². The smallest absolute Gasteiger partial charge is 0.267 e. The quantitative estimate of drug-likeness (QED) is 0.836. The van der Waals surface area contributed by atoms with Gasteiger partial charge in [-0.2, -0.15) is 4.31 Å². The minimum Gasteiger partial charge on any atom is -0.379 e. The number of amides is 1. The number of morpholine rings is 1. The minimum absolute atomic E-state index is 0.00935. The second kappa shape index (κ2) is 6.80. The highest BCUT2D eigenvalue weighted by Crippen LogP contribution is 2.18. The Bertz CT molecular complexity index is 618. The zero-order valence-electron chi connectivity index (χ0n) is 13.1. The van der Waals surface area contributed by atoms with Gasteiger partial charge in [0.2, 0.25) is 10.0 Å². The Balaban J connectivity index is 2.12. The van der Waals surface area contributed by atoms with Crippen molar-refractivity contribution >= 4 is 15.9 Å². The molecule has 0 radical (unpaired) electrons. The number of rotatable bonds is 5. The van der Waals surface area contributed by atoms with Crippen molar-refractivity contribution < 1.29 is 17.9 Å². The number of nitrogens with one attached hydrogen (secondary N) is 2. The highest BCUT2D eigenvalue weighted by Gasteiger charge is 2.28. The maximum atomic E-state index is 12.5. The second-order valence-corrected chi connectivity index (χ2v) is 7.71. The summed E-state index contributed by atoms with van der Waals surface area (Å²) in [5.41, 5.74) is 0.249. The summed E-state index contributed by atoms with van der Waals surface area (Å²) in [5, 5.41) is 2.84. The van der Waals surface area contributed by atoms with E-state index in [2.05, 4.69) is 10.3 Å². The molecule has 1 saturated heterocycles. The van der Waals surface area contributed by atoms with Gasteiger partial charge < -0.3 is 15.0 Å². The molecule has 2 N–H and O–H groups in total. The van der Waals surface area contributed by atoms with Gasteiger partial charge in [0.05, 0.1) is 13.2 Å². The minimum atomic E-state index is -3.58. The third-order valence-electron chi connectivity index (χ3n) is 3.87. The van der Waals surface area contributed by atoms with Gasteiger partial charge in [-0.15, -0.1) is 0 Å². The van der Waals surface area contributed by atoms with Gasteiger partial charge in [-0.3, -0.25) is 4.79 Å². The zero-order chi connectivity index (χ0) is 16.3. The summed E-state index contributed by atoms with van der Waals surface area (Å²) in [4.78, 5) is 15.0. The molecule has 1 atom stereocenters. The lowest BCUT2D eigenvalue weighted by atomic mass is 10.1. The number of carbonyl (C=O) groups is 1. The summed E-state index contributed by atoms with van der Waals surface area (Å²) < 4.78 is 31.5. The van der Waals surface area contributed by atoms with Gasteiger partial charge in [-0.1, -0.05) is 13.8 Å². The monoisotopic (exact) mass is 329 g/mol. The Morgan fingerprint density at radius 3 is 2.55 bits per heavy atom. The SMILES string of the molecule is CC(C)C(C)NC(=O)c1cc(S(=O)(=O)N2CCOCC2)c[nH]1. The number of nitrogens with zero attached hydrogens (tertiary/aromatic N) is 1. The van der Waals surface area contributed by atoms with Crippen molar-refractivity contribution in [1.82, 2.24) is 14.6 Å². The number of carbonyl (C=O) groups excluding carboxylic acids is 1. The predicted molar refractivity (Wildman–Crippen MR) is 82.1 cm³/mol. The summed E-state index contributed by atoms with van der Waals surface area (Å²) in [5.74, 6) is 0.0000859. The van der Waals surface area contributed by atoms with E-state index in [1.54, 1.807) is 0 Å². The Morgan fingerprint density at radius 2 is 1.95 bits per heavy atom. The topological polar surface area (TPSA) is 91.5 Å². The summed E-state index contributed by atoms with van der Waals surface area (Å²) in [6.45, 7) is 7.38. The Kier molecular flexibility index (Phi) is 5.25.